The molecule has 0 bridgehead atoms. The lowest BCUT2D eigenvalue weighted by molar-refractivity contribution is -0.0679. The lowest BCUT2D eigenvalue weighted by atomic mass is 10.2. The van der Waals surface area contributed by atoms with E-state index in [1.165, 1.54) is 5.69 Å². The van der Waals surface area contributed by atoms with Crippen molar-refractivity contribution in [3.8, 4) is 0 Å². The second-order valence-electron chi connectivity index (χ2n) is 7.30. The molecule has 0 amide bonds. The molecule has 1 aliphatic heterocycles. The van der Waals surface area contributed by atoms with E-state index in [4.69, 9.17) is 4.74 Å². The van der Waals surface area contributed by atoms with Gasteiger partial charge in [-0.05, 0) is 46.6 Å². The molecule has 0 spiro atoms. The third-order valence-electron chi connectivity index (χ3n) is 4.60. The van der Waals surface area contributed by atoms with E-state index in [0.29, 0.717) is 12.2 Å². The van der Waals surface area contributed by atoms with Crippen molar-refractivity contribution in [2.75, 3.05) is 39.8 Å². The molecule has 1 aliphatic rings. The van der Waals surface area contributed by atoms with Crippen molar-refractivity contribution in [2.24, 2.45) is 4.99 Å². The first-order valence-electron chi connectivity index (χ1n) is 9.81. The molecule has 27 heavy (non-hydrogen) atoms. The van der Waals surface area contributed by atoms with E-state index in [9.17, 15) is 0 Å². The molecular formula is C19H37IN6O. The standard InChI is InChI=1S/C19H36N6O.HI/c1-15-12-16(2)25(23-15)11-7-9-22-19(20-5)21-8-6-10-24-13-17(3)26-18(4)14-24;/h12,17-18H,6-11,13-14H2,1-5H3,(H2,20,21,22);1H. The summed E-state index contributed by atoms with van der Waals surface area (Å²) in [5, 5.41) is 11.3. The number of halogens is 1. The fourth-order valence-electron chi connectivity index (χ4n) is 3.53. The van der Waals surface area contributed by atoms with Crippen molar-refractivity contribution in [3.05, 3.63) is 17.5 Å². The summed E-state index contributed by atoms with van der Waals surface area (Å²) in [6, 6.07) is 2.11. The van der Waals surface area contributed by atoms with E-state index in [0.717, 1.165) is 63.8 Å². The third kappa shape index (κ3) is 8.78. The van der Waals surface area contributed by atoms with Crippen LogP contribution in [0.1, 0.15) is 38.1 Å². The highest BCUT2D eigenvalue weighted by Gasteiger charge is 2.21. The first-order valence-corrected chi connectivity index (χ1v) is 9.81. The Kier molecular flexibility index (Phi) is 11.2. The number of ether oxygens (including phenoxy) is 1. The Labute approximate surface area is 181 Å². The van der Waals surface area contributed by atoms with Crippen molar-refractivity contribution in [1.82, 2.24) is 25.3 Å². The van der Waals surface area contributed by atoms with E-state index in [-0.39, 0.29) is 24.0 Å². The second-order valence-corrected chi connectivity index (χ2v) is 7.30. The number of hydrogen-bond donors (Lipinski definition) is 2. The van der Waals surface area contributed by atoms with Gasteiger partial charge in [0, 0.05) is 52.0 Å². The predicted molar refractivity (Wildman–Crippen MR) is 122 cm³/mol. The van der Waals surface area contributed by atoms with E-state index >= 15 is 0 Å². The molecule has 1 aromatic rings. The Morgan fingerprint density at radius 2 is 1.74 bits per heavy atom. The molecule has 1 fully saturated rings. The van der Waals surface area contributed by atoms with Crippen molar-refractivity contribution in [1.29, 1.82) is 0 Å². The summed E-state index contributed by atoms with van der Waals surface area (Å²) < 4.78 is 7.85. The summed E-state index contributed by atoms with van der Waals surface area (Å²) in [5.41, 5.74) is 2.30. The van der Waals surface area contributed by atoms with Gasteiger partial charge in [0.1, 0.15) is 0 Å². The molecule has 0 aliphatic carbocycles. The molecule has 1 saturated heterocycles. The maximum atomic E-state index is 5.78. The fourth-order valence-corrected chi connectivity index (χ4v) is 3.53. The summed E-state index contributed by atoms with van der Waals surface area (Å²) in [5.74, 6) is 0.877. The first-order chi connectivity index (χ1) is 12.5. The minimum Gasteiger partial charge on any atom is -0.373 e. The second kappa shape index (κ2) is 12.6. The molecule has 2 N–H and O–H groups in total. The van der Waals surface area contributed by atoms with E-state index in [1.54, 1.807) is 0 Å². The molecule has 7 nitrogen and oxygen atoms in total. The number of nitrogens with zero attached hydrogens (tertiary/aromatic N) is 4. The molecule has 1 aromatic heterocycles. The predicted octanol–water partition coefficient (Wildman–Crippen LogP) is 2.17. The fraction of sp³-hybridized carbons (Fsp3) is 0.789. The minimum absolute atomic E-state index is 0. The zero-order valence-electron chi connectivity index (χ0n) is 17.5. The Morgan fingerprint density at radius 3 is 2.26 bits per heavy atom. The topological polar surface area (TPSA) is 66.7 Å². The van der Waals surface area contributed by atoms with Gasteiger partial charge in [0.05, 0.1) is 17.9 Å². The van der Waals surface area contributed by atoms with Crippen LogP contribution in [-0.2, 0) is 11.3 Å². The van der Waals surface area contributed by atoms with Gasteiger partial charge in [-0.25, -0.2) is 0 Å². The zero-order valence-corrected chi connectivity index (χ0v) is 19.8. The van der Waals surface area contributed by atoms with Gasteiger partial charge in [-0.15, -0.1) is 24.0 Å². The smallest absolute Gasteiger partial charge is 0.190 e. The monoisotopic (exact) mass is 492 g/mol. The number of aliphatic imine (C=N–C) groups is 1. The molecule has 0 aromatic carbocycles. The van der Waals surface area contributed by atoms with E-state index in [1.807, 2.05) is 14.0 Å². The van der Waals surface area contributed by atoms with Crippen LogP contribution in [0.5, 0.6) is 0 Å². The highest BCUT2D eigenvalue weighted by atomic mass is 127. The summed E-state index contributed by atoms with van der Waals surface area (Å²) in [6.07, 6.45) is 2.80. The highest BCUT2D eigenvalue weighted by Crippen LogP contribution is 2.10. The Bertz CT molecular complexity index is 567. The number of aromatic nitrogens is 2. The quantitative estimate of drug-likeness (QED) is 0.252. The Morgan fingerprint density at radius 1 is 1.15 bits per heavy atom. The molecule has 156 valence electrons. The molecule has 2 unspecified atom stereocenters. The van der Waals surface area contributed by atoms with Crippen LogP contribution in [0.15, 0.2) is 11.1 Å². The van der Waals surface area contributed by atoms with Crippen molar-refractivity contribution < 1.29 is 4.74 Å². The average molecular weight is 492 g/mol. The van der Waals surface area contributed by atoms with Gasteiger partial charge in [-0.2, -0.15) is 5.10 Å². The molecule has 8 heteroatoms. The maximum Gasteiger partial charge on any atom is 0.190 e. The largest absolute Gasteiger partial charge is 0.373 e. The van der Waals surface area contributed by atoms with Crippen LogP contribution in [0.3, 0.4) is 0 Å². The SMILES string of the molecule is CN=C(NCCCN1CC(C)OC(C)C1)NCCCn1nc(C)cc1C.I. The first kappa shape index (κ1) is 24.2. The summed E-state index contributed by atoms with van der Waals surface area (Å²) in [7, 11) is 1.82. The van der Waals surface area contributed by atoms with Gasteiger partial charge in [0.2, 0.25) is 0 Å². The lowest BCUT2D eigenvalue weighted by Gasteiger charge is -2.35. The van der Waals surface area contributed by atoms with Crippen molar-refractivity contribution in [3.63, 3.8) is 0 Å². The number of guanidine groups is 1. The number of rotatable bonds is 8. The number of hydrogen-bond acceptors (Lipinski definition) is 4. The highest BCUT2D eigenvalue weighted by molar-refractivity contribution is 14.0. The number of morpholine rings is 1. The van der Waals surface area contributed by atoms with Gasteiger partial charge in [0.25, 0.3) is 0 Å². The van der Waals surface area contributed by atoms with Gasteiger partial charge >= 0.3 is 0 Å². The molecule has 2 heterocycles. The van der Waals surface area contributed by atoms with Gasteiger partial charge in [0.15, 0.2) is 5.96 Å². The lowest BCUT2D eigenvalue weighted by Crippen LogP contribution is -2.46. The summed E-state index contributed by atoms with van der Waals surface area (Å²) >= 11 is 0. The van der Waals surface area contributed by atoms with E-state index < -0.39 is 0 Å². The molecule has 2 atom stereocenters. The molecule has 2 rings (SSSR count). The maximum absolute atomic E-state index is 5.78. The van der Waals surface area contributed by atoms with Gasteiger partial charge < -0.3 is 15.4 Å². The Balaban J connectivity index is 0.00000364. The van der Waals surface area contributed by atoms with Gasteiger partial charge in [-0.1, -0.05) is 0 Å². The average Bonchev–Trinajstić information content (AvgIpc) is 2.90. The van der Waals surface area contributed by atoms with Crippen LogP contribution in [0, 0.1) is 13.8 Å². The van der Waals surface area contributed by atoms with Crippen molar-refractivity contribution >= 4 is 29.9 Å². The summed E-state index contributed by atoms with van der Waals surface area (Å²) in [4.78, 5) is 6.79. The van der Waals surface area contributed by atoms with Crippen LogP contribution in [0.4, 0.5) is 0 Å². The summed E-state index contributed by atoms with van der Waals surface area (Å²) in [6.45, 7) is 14.3. The Hall–Kier alpha value is -0.870. The van der Waals surface area contributed by atoms with Crippen LogP contribution >= 0.6 is 24.0 Å². The van der Waals surface area contributed by atoms with Crippen LogP contribution in [0.2, 0.25) is 0 Å². The third-order valence-corrected chi connectivity index (χ3v) is 4.60. The van der Waals surface area contributed by atoms with Crippen LogP contribution in [0.25, 0.3) is 0 Å². The normalized spacial score (nSPS) is 21.0. The van der Waals surface area contributed by atoms with Crippen LogP contribution < -0.4 is 10.6 Å². The van der Waals surface area contributed by atoms with Gasteiger partial charge in [-0.3, -0.25) is 14.6 Å². The molecule has 0 radical (unpaired) electrons. The molecule has 0 saturated carbocycles. The number of aryl methyl sites for hydroxylation is 3. The number of nitrogens with one attached hydrogen (secondary N) is 2. The zero-order chi connectivity index (χ0) is 18.9. The minimum atomic E-state index is 0. The molecular weight excluding hydrogens is 455 g/mol. The van der Waals surface area contributed by atoms with E-state index in [2.05, 4.69) is 57.1 Å². The van der Waals surface area contributed by atoms with Crippen molar-refractivity contribution in [2.45, 2.75) is 59.3 Å². The van der Waals surface area contributed by atoms with Crippen LogP contribution in [-0.4, -0.2) is 72.6 Å².